The number of aliphatic hydroxyl groups excluding tert-OH is 1. The molecule has 160 valence electrons. The Labute approximate surface area is 182 Å². The fourth-order valence-electron chi connectivity index (χ4n) is 3.38. The Hall–Kier alpha value is -2.27. The molecular formula is C20H21BrN2O6S. The van der Waals surface area contributed by atoms with Crippen LogP contribution >= 0.6 is 15.9 Å². The molecule has 2 aromatic rings. The number of aromatic carboxylic acids is 1. The van der Waals surface area contributed by atoms with Crippen LogP contribution in [0.1, 0.15) is 40.0 Å². The standard InChI is InChI=1S/C20H21BrN2O6S/c21-14-6-9-18(17(11-14)20(26)27)22-19(25)13-4-7-16(8-5-13)30(28,29)23-10-2-1-3-15(23)12-24/h4-9,11,15,24H,1-3,10,12H2,(H,22,25)(H,26,27). The molecule has 1 saturated heterocycles. The molecule has 0 aliphatic carbocycles. The van der Waals surface area contributed by atoms with Crippen LogP contribution in [0.4, 0.5) is 5.69 Å². The average molecular weight is 497 g/mol. The number of anilines is 1. The predicted octanol–water partition coefficient (Wildman–Crippen LogP) is 2.94. The zero-order valence-corrected chi connectivity index (χ0v) is 18.3. The van der Waals surface area contributed by atoms with Gasteiger partial charge in [0.05, 0.1) is 22.8 Å². The van der Waals surface area contributed by atoms with E-state index in [4.69, 9.17) is 0 Å². The van der Waals surface area contributed by atoms with Gasteiger partial charge in [-0.25, -0.2) is 13.2 Å². The van der Waals surface area contributed by atoms with E-state index in [0.717, 1.165) is 12.8 Å². The van der Waals surface area contributed by atoms with Crippen molar-refractivity contribution in [3.8, 4) is 0 Å². The Morgan fingerprint density at radius 3 is 2.47 bits per heavy atom. The van der Waals surface area contributed by atoms with E-state index in [-0.39, 0.29) is 28.3 Å². The zero-order chi connectivity index (χ0) is 21.9. The number of benzene rings is 2. The van der Waals surface area contributed by atoms with Gasteiger partial charge in [0.1, 0.15) is 0 Å². The number of nitrogens with one attached hydrogen (secondary N) is 1. The average Bonchev–Trinajstić information content (AvgIpc) is 2.74. The number of sulfonamides is 1. The second kappa shape index (κ2) is 9.25. The van der Waals surface area contributed by atoms with Gasteiger partial charge in [-0.05, 0) is 55.3 Å². The van der Waals surface area contributed by atoms with Crippen LogP contribution in [0.3, 0.4) is 0 Å². The quantitative estimate of drug-likeness (QED) is 0.564. The van der Waals surface area contributed by atoms with Crippen LogP contribution in [0, 0.1) is 0 Å². The first-order valence-corrected chi connectivity index (χ1v) is 11.5. The lowest BCUT2D eigenvalue weighted by Gasteiger charge is -2.33. The highest BCUT2D eigenvalue weighted by Gasteiger charge is 2.33. The van der Waals surface area contributed by atoms with Crippen LogP contribution in [0.5, 0.6) is 0 Å². The van der Waals surface area contributed by atoms with Crippen LogP contribution in [0.15, 0.2) is 51.8 Å². The lowest BCUT2D eigenvalue weighted by atomic mass is 10.1. The number of carbonyl (C=O) groups excluding carboxylic acids is 1. The summed E-state index contributed by atoms with van der Waals surface area (Å²) in [5.74, 6) is -1.75. The Morgan fingerprint density at radius 1 is 1.13 bits per heavy atom. The van der Waals surface area contributed by atoms with Gasteiger partial charge in [-0.3, -0.25) is 4.79 Å². The first-order chi connectivity index (χ1) is 14.2. The van der Waals surface area contributed by atoms with Crippen LogP contribution < -0.4 is 5.32 Å². The van der Waals surface area contributed by atoms with E-state index < -0.39 is 27.9 Å². The number of halogens is 1. The Kier molecular flexibility index (Phi) is 6.91. The van der Waals surface area contributed by atoms with Gasteiger partial charge in [0.25, 0.3) is 5.91 Å². The fraction of sp³-hybridized carbons (Fsp3) is 0.300. The van der Waals surface area contributed by atoms with Crippen LogP contribution in [0.2, 0.25) is 0 Å². The third-order valence-electron chi connectivity index (χ3n) is 4.97. The van der Waals surface area contributed by atoms with Crippen LogP contribution in [-0.2, 0) is 10.0 Å². The van der Waals surface area contributed by atoms with Crippen molar-refractivity contribution in [2.24, 2.45) is 0 Å². The SMILES string of the molecule is O=C(Nc1ccc(Br)cc1C(=O)O)c1ccc(S(=O)(=O)N2CCCCC2CO)cc1. The van der Waals surface area contributed by atoms with Gasteiger partial charge in [-0.15, -0.1) is 0 Å². The summed E-state index contributed by atoms with van der Waals surface area (Å²) in [6.07, 6.45) is 2.20. The van der Waals surface area contributed by atoms with Crippen LogP contribution in [0.25, 0.3) is 0 Å². The maximum Gasteiger partial charge on any atom is 0.337 e. The summed E-state index contributed by atoms with van der Waals surface area (Å²) < 4.78 is 27.7. The van der Waals surface area contributed by atoms with Crippen molar-refractivity contribution in [3.05, 3.63) is 58.1 Å². The third-order valence-corrected chi connectivity index (χ3v) is 7.43. The number of nitrogens with zero attached hydrogens (tertiary/aromatic N) is 1. The minimum Gasteiger partial charge on any atom is -0.478 e. The summed E-state index contributed by atoms with van der Waals surface area (Å²) in [5, 5.41) is 21.3. The lowest BCUT2D eigenvalue weighted by molar-refractivity contribution is 0.0698. The molecule has 0 aromatic heterocycles. The summed E-state index contributed by atoms with van der Waals surface area (Å²) in [4.78, 5) is 23.9. The van der Waals surface area contributed by atoms with Crippen molar-refractivity contribution < 1.29 is 28.2 Å². The number of rotatable bonds is 6. The maximum atomic E-state index is 12.9. The van der Waals surface area contributed by atoms with E-state index >= 15 is 0 Å². The Bertz CT molecular complexity index is 1060. The summed E-state index contributed by atoms with van der Waals surface area (Å²) >= 11 is 3.19. The van der Waals surface area contributed by atoms with Gasteiger partial charge >= 0.3 is 5.97 Å². The highest BCUT2D eigenvalue weighted by atomic mass is 79.9. The van der Waals surface area contributed by atoms with Gasteiger partial charge in [0.15, 0.2) is 0 Å². The molecule has 30 heavy (non-hydrogen) atoms. The van der Waals surface area contributed by atoms with Crippen molar-refractivity contribution in [3.63, 3.8) is 0 Å². The van der Waals surface area contributed by atoms with E-state index in [9.17, 15) is 28.2 Å². The van der Waals surface area contributed by atoms with Gasteiger partial charge in [-0.1, -0.05) is 22.4 Å². The smallest absolute Gasteiger partial charge is 0.337 e. The first-order valence-electron chi connectivity index (χ1n) is 9.31. The molecule has 1 unspecified atom stereocenters. The highest BCUT2D eigenvalue weighted by molar-refractivity contribution is 9.10. The summed E-state index contributed by atoms with van der Waals surface area (Å²) in [5.41, 5.74) is 0.245. The second-order valence-corrected chi connectivity index (χ2v) is 9.73. The molecule has 3 rings (SSSR count). The lowest BCUT2D eigenvalue weighted by Crippen LogP contribution is -2.45. The molecule has 0 spiro atoms. The van der Waals surface area contributed by atoms with Crippen molar-refractivity contribution in [2.45, 2.75) is 30.2 Å². The van der Waals surface area contributed by atoms with Crippen molar-refractivity contribution in [1.82, 2.24) is 4.31 Å². The molecule has 0 radical (unpaired) electrons. The van der Waals surface area contributed by atoms with E-state index in [0.29, 0.717) is 17.4 Å². The molecule has 1 atom stereocenters. The number of carboxylic acids is 1. The summed E-state index contributed by atoms with van der Waals surface area (Å²) in [6.45, 7) is 0.107. The maximum absolute atomic E-state index is 12.9. The van der Waals surface area contributed by atoms with E-state index in [1.165, 1.54) is 40.7 Å². The third kappa shape index (κ3) is 4.72. The van der Waals surface area contributed by atoms with E-state index in [1.807, 2.05) is 0 Å². The minimum absolute atomic E-state index is 0.0364. The molecule has 0 bridgehead atoms. The highest BCUT2D eigenvalue weighted by Crippen LogP contribution is 2.26. The Balaban J connectivity index is 1.80. The molecule has 1 fully saturated rings. The summed E-state index contributed by atoms with van der Waals surface area (Å²) in [6, 6.07) is 9.44. The van der Waals surface area contributed by atoms with Gasteiger partial charge in [0, 0.05) is 22.6 Å². The van der Waals surface area contributed by atoms with Gasteiger partial charge in [0.2, 0.25) is 10.0 Å². The van der Waals surface area contributed by atoms with Crippen molar-refractivity contribution in [1.29, 1.82) is 0 Å². The van der Waals surface area contributed by atoms with E-state index in [2.05, 4.69) is 21.2 Å². The zero-order valence-electron chi connectivity index (χ0n) is 15.9. The minimum atomic E-state index is -3.79. The molecule has 1 heterocycles. The molecule has 0 saturated carbocycles. The van der Waals surface area contributed by atoms with Crippen LogP contribution in [-0.4, -0.2) is 54.0 Å². The van der Waals surface area contributed by atoms with Crippen molar-refractivity contribution in [2.75, 3.05) is 18.5 Å². The molecular weight excluding hydrogens is 476 g/mol. The second-order valence-electron chi connectivity index (χ2n) is 6.92. The van der Waals surface area contributed by atoms with Gasteiger partial charge in [-0.2, -0.15) is 4.31 Å². The number of hydrogen-bond acceptors (Lipinski definition) is 5. The fourth-order valence-corrected chi connectivity index (χ4v) is 5.43. The number of amides is 1. The molecule has 2 aromatic carbocycles. The number of carbonyl (C=O) groups is 2. The molecule has 8 nitrogen and oxygen atoms in total. The number of aliphatic hydroxyl groups is 1. The molecule has 1 aliphatic heterocycles. The molecule has 3 N–H and O–H groups in total. The topological polar surface area (TPSA) is 124 Å². The monoisotopic (exact) mass is 496 g/mol. The molecule has 10 heteroatoms. The molecule has 1 aliphatic rings. The largest absolute Gasteiger partial charge is 0.478 e. The Morgan fingerprint density at radius 2 is 1.83 bits per heavy atom. The van der Waals surface area contributed by atoms with Crippen molar-refractivity contribution >= 4 is 43.5 Å². The number of hydrogen-bond donors (Lipinski definition) is 3. The normalized spacial score (nSPS) is 17.5. The predicted molar refractivity (Wildman–Crippen MR) is 114 cm³/mol. The number of piperidine rings is 1. The summed E-state index contributed by atoms with van der Waals surface area (Å²) in [7, 11) is -3.79. The van der Waals surface area contributed by atoms with E-state index in [1.54, 1.807) is 6.07 Å². The number of carboxylic acid groups (broad SMARTS) is 1. The van der Waals surface area contributed by atoms with Gasteiger partial charge < -0.3 is 15.5 Å². The first kappa shape index (κ1) is 22.4. The molecule has 1 amide bonds.